The van der Waals surface area contributed by atoms with Crippen molar-refractivity contribution in [1.29, 1.82) is 0 Å². The van der Waals surface area contributed by atoms with Gasteiger partial charge in [0.2, 0.25) is 0 Å². The van der Waals surface area contributed by atoms with E-state index < -0.39 is 0 Å². The third-order valence-corrected chi connectivity index (χ3v) is 3.49. The molecule has 3 rings (SSSR count). The summed E-state index contributed by atoms with van der Waals surface area (Å²) in [5.41, 5.74) is 2.88. The van der Waals surface area contributed by atoms with Crippen LogP contribution in [0.15, 0.2) is 35.1 Å². The van der Waals surface area contributed by atoms with Crippen molar-refractivity contribution in [3.63, 3.8) is 0 Å². The Morgan fingerprint density at radius 3 is 2.94 bits per heavy atom. The third-order valence-electron chi connectivity index (χ3n) is 2.69. The topological polar surface area (TPSA) is 38.0 Å². The molecule has 0 atom stereocenters. The Hall–Kier alpha value is -1.55. The fraction of sp³-hybridized carbons (Fsp3) is 0.0833. The molecule has 0 amide bonds. The minimum Gasteiger partial charge on any atom is -0.507 e. The predicted octanol–water partition coefficient (Wildman–Crippen LogP) is 3.15. The molecule has 0 bridgehead atoms. The molecule has 1 aromatic carbocycles. The van der Waals surface area contributed by atoms with Crippen LogP contribution in [0.4, 0.5) is 0 Å². The Labute approximate surface area is 101 Å². The van der Waals surface area contributed by atoms with E-state index >= 15 is 0 Å². The third kappa shape index (κ3) is 1.23. The van der Waals surface area contributed by atoms with Crippen molar-refractivity contribution in [3.05, 3.63) is 35.1 Å². The van der Waals surface area contributed by atoms with Gasteiger partial charge < -0.3 is 9.67 Å². The highest BCUT2D eigenvalue weighted by atomic mass is 79.9. The van der Waals surface area contributed by atoms with Gasteiger partial charge in [-0.3, -0.25) is 0 Å². The van der Waals surface area contributed by atoms with Crippen molar-refractivity contribution in [2.75, 3.05) is 0 Å². The zero-order valence-corrected chi connectivity index (χ0v) is 10.2. The number of benzene rings is 1. The molecule has 16 heavy (non-hydrogen) atoms. The van der Waals surface area contributed by atoms with E-state index in [-0.39, 0.29) is 5.75 Å². The molecule has 0 saturated carbocycles. The summed E-state index contributed by atoms with van der Waals surface area (Å²) in [6, 6.07) is 5.49. The molecule has 1 aromatic rings. The van der Waals surface area contributed by atoms with Crippen LogP contribution >= 0.6 is 15.9 Å². The summed E-state index contributed by atoms with van der Waals surface area (Å²) in [5.74, 6) is 0.245. The van der Waals surface area contributed by atoms with E-state index in [2.05, 4.69) is 20.9 Å². The summed E-state index contributed by atoms with van der Waals surface area (Å²) in [4.78, 5) is 4.52. The Morgan fingerprint density at radius 2 is 2.12 bits per heavy atom. The molecule has 0 spiro atoms. The van der Waals surface area contributed by atoms with Crippen molar-refractivity contribution in [2.24, 2.45) is 7.05 Å². The molecule has 0 fully saturated rings. The minimum atomic E-state index is 0.245. The maximum atomic E-state index is 9.67. The lowest BCUT2D eigenvalue weighted by molar-refractivity contribution is 0.473. The summed E-state index contributed by atoms with van der Waals surface area (Å²) in [6.45, 7) is 0. The van der Waals surface area contributed by atoms with Gasteiger partial charge in [-0.2, -0.15) is 0 Å². The second-order valence-electron chi connectivity index (χ2n) is 3.81. The average Bonchev–Trinajstić information content (AvgIpc) is 2.61. The van der Waals surface area contributed by atoms with E-state index in [0.29, 0.717) is 4.47 Å². The molecule has 0 radical (unpaired) electrons. The predicted molar refractivity (Wildman–Crippen MR) is 66.7 cm³/mol. The number of pyridine rings is 1. The Balaban J connectivity index is 2.51. The first kappa shape index (κ1) is 9.66. The molecule has 3 nitrogen and oxygen atoms in total. The van der Waals surface area contributed by atoms with Crippen LogP contribution in [-0.4, -0.2) is 14.7 Å². The van der Waals surface area contributed by atoms with Crippen molar-refractivity contribution < 1.29 is 5.11 Å². The van der Waals surface area contributed by atoms with Crippen LogP contribution < -0.4 is 0 Å². The first-order valence-electron chi connectivity index (χ1n) is 4.89. The van der Waals surface area contributed by atoms with Gasteiger partial charge in [0.05, 0.1) is 15.7 Å². The standard InChI is InChI=1S/C12H9BrN2O/c1-15-5-4-7-9(6-15)14-8-2-3-10(16)12(13)11(7)8/h2-6,16H,1H3. The molecule has 2 aliphatic rings. The summed E-state index contributed by atoms with van der Waals surface area (Å²) in [7, 11) is 1.96. The van der Waals surface area contributed by atoms with Crippen molar-refractivity contribution >= 4 is 26.8 Å². The number of hydrogen-bond acceptors (Lipinski definition) is 2. The molecular formula is C12H9BrN2O. The molecule has 0 saturated heterocycles. The van der Waals surface area contributed by atoms with Gasteiger partial charge in [0.25, 0.3) is 0 Å². The fourth-order valence-electron chi connectivity index (χ4n) is 1.92. The van der Waals surface area contributed by atoms with E-state index in [1.54, 1.807) is 6.07 Å². The van der Waals surface area contributed by atoms with Crippen LogP contribution in [0.2, 0.25) is 0 Å². The fourth-order valence-corrected chi connectivity index (χ4v) is 2.47. The number of phenols is 1. The number of fused-ring (bicyclic) bond motifs is 3. The zero-order valence-electron chi connectivity index (χ0n) is 8.61. The SMILES string of the molecule is Cn1ccc2c3c(Br)c(O)ccc3nc-2c1. The van der Waals surface area contributed by atoms with E-state index in [9.17, 15) is 5.11 Å². The Kier molecular flexibility index (Phi) is 1.94. The van der Waals surface area contributed by atoms with Crippen LogP contribution in [0.1, 0.15) is 0 Å². The summed E-state index contributed by atoms with van der Waals surface area (Å²) in [5, 5.41) is 10.6. The minimum absolute atomic E-state index is 0.245. The Bertz CT molecular complexity index is 660. The highest BCUT2D eigenvalue weighted by molar-refractivity contribution is 9.10. The number of aryl methyl sites for hydroxylation is 1. The summed E-state index contributed by atoms with van der Waals surface area (Å²) < 4.78 is 2.67. The second-order valence-corrected chi connectivity index (χ2v) is 4.61. The van der Waals surface area contributed by atoms with Gasteiger partial charge in [-0.05, 0) is 34.1 Å². The van der Waals surface area contributed by atoms with Gasteiger partial charge >= 0.3 is 0 Å². The number of aromatic hydroxyl groups is 1. The monoisotopic (exact) mass is 276 g/mol. The Morgan fingerprint density at radius 1 is 1.31 bits per heavy atom. The first-order valence-corrected chi connectivity index (χ1v) is 5.69. The van der Waals surface area contributed by atoms with Gasteiger partial charge in [-0.15, -0.1) is 0 Å². The smallest absolute Gasteiger partial charge is 0.130 e. The number of nitrogens with zero attached hydrogens (tertiary/aromatic N) is 2. The first-order chi connectivity index (χ1) is 7.66. The number of rotatable bonds is 0. The van der Waals surface area contributed by atoms with Crippen LogP contribution in [-0.2, 0) is 7.05 Å². The molecule has 2 heterocycles. The van der Waals surface area contributed by atoms with Gasteiger partial charge in [0.15, 0.2) is 0 Å². The second kappa shape index (κ2) is 3.22. The maximum absolute atomic E-state index is 9.67. The quantitative estimate of drug-likeness (QED) is 0.685. The van der Waals surface area contributed by atoms with Crippen LogP contribution in [0.25, 0.3) is 22.2 Å². The average molecular weight is 277 g/mol. The van der Waals surface area contributed by atoms with Gasteiger partial charge in [0, 0.05) is 30.4 Å². The normalized spacial score (nSPS) is 11.4. The van der Waals surface area contributed by atoms with Gasteiger partial charge in [-0.1, -0.05) is 0 Å². The number of aromatic nitrogens is 2. The van der Waals surface area contributed by atoms with E-state index in [1.165, 1.54) is 0 Å². The lowest BCUT2D eigenvalue weighted by Crippen LogP contribution is -1.89. The lowest BCUT2D eigenvalue weighted by Gasteiger charge is -2.03. The van der Waals surface area contributed by atoms with Crippen molar-refractivity contribution in [1.82, 2.24) is 9.55 Å². The van der Waals surface area contributed by atoms with Crippen molar-refractivity contribution in [3.8, 4) is 17.0 Å². The maximum Gasteiger partial charge on any atom is 0.130 e. The summed E-state index contributed by atoms with van der Waals surface area (Å²) >= 11 is 3.40. The largest absolute Gasteiger partial charge is 0.507 e. The van der Waals surface area contributed by atoms with Crippen LogP contribution in [0.5, 0.6) is 5.75 Å². The molecule has 0 aliphatic carbocycles. The van der Waals surface area contributed by atoms with Crippen molar-refractivity contribution in [2.45, 2.75) is 0 Å². The van der Waals surface area contributed by atoms with Crippen LogP contribution in [0.3, 0.4) is 0 Å². The van der Waals surface area contributed by atoms with E-state index in [0.717, 1.165) is 22.2 Å². The van der Waals surface area contributed by atoms with E-state index in [4.69, 9.17) is 0 Å². The number of halogens is 1. The molecular weight excluding hydrogens is 268 g/mol. The lowest BCUT2D eigenvalue weighted by atomic mass is 10.1. The van der Waals surface area contributed by atoms with Crippen LogP contribution in [0, 0.1) is 0 Å². The zero-order chi connectivity index (χ0) is 11.3. The number of hydrogen-bond donors (Lipinski definition) is 1. The molecule has 1 N–H and O–H groups in total. The molecule has 0 unspecified atom stereocenters. The number of phenolic OH excluding ortho intramolecular Hbond substituents is 1. The molecule has 80 valence electrons. The molecule has 0 aromatic heterocycles. The highest BCUT2D eigenvalue weighted by Crippen LogP contribution is 2.39. The highest BCUT2D eigenvalue weighted by Gasteiger charge is 2.15. The molecule has 2 aliphatic heterocycles. The molecule has 4 heteroatoms. The van der Waals surface area contributed by atoms with Gasteiger partial charge in [0.1, 0.15) is 5.75 Å². The van der Waals surface area contributed by atoms with E-state index in [1.807, 2.05) is 36.1 Å². The van der Waals surface area contributed by atoms with Gasteiger partial charge in [-0.25, -0.2) is 4.98 Å². The summed E-state index contributed by atoms with van der Waals surface area (Å²) in [6.07, 6.45) is 3.94.